The minimum absolute atomic E-state index is 0.0313. The molecule has 0 spiro atoms. The highest BCUT2D eigenvalue weighted by Crippen LogP contribution is 2.24. The molecule has 2 aliphatic heterocycles. The van der Waals surface area contributed by atoms with Crippen molar-refractivity contribution >= 4 is 11.6 Å². The highest BCUT2D eigenvalue weighted by molar-refractivity contribution is 5.94. The monoisotopic (exact) mass is 395 g/mol. The van der Waals surface area contributed by atoms with Crippen LogP contribution in [0.4, 0.5) is 5.69 Å². The molecule has 1 aromatic heterocycles. The Bertz CT molecular complexity index is 839. The fourth-order valence-corrected chi connectivity index (χ4v) is 3.96. The highest BCUT2D eigenvalue weighted by atomic mass is 16.5. The second-order valence-electron chi connectivity index (χ2n) is 7.83. The first-order chi connectivity index (χ1) is 14.1. The van der Waals surface area contributed by atoms with Crippen molar-refractivity contribution in [1.29, 1.82) is 0 Å². The number of benzene rings is 1. The lowest BCUT2D eigenvalue weighted by Gasteiger charge is -2.37. The summed E-state index contributed by atoms with van der Waals surface area (Å²) in [5.41, 5.74) is 4.49. The number of piperazine rings is 1. The molecule has 0 N–H and O–H groups in total. The molecule has 6 nitrogen and oxygen atoms in total. The van der Waals surface area contributed by atoms with Gasteiger partial charge in [-0.05, 0) is 49.9 Å². The number of anilines is 1. The van der Waals surface area contributed by atoms with Crippen LogP contribution in [0.1, 0.15) is 34.3 Å². The third-order valence-electron chi connectivity index (χ3n) is 5.91. The lowest BCUT2D eigenvalue weighted by atomic mass is 10.1. The summed E-state index contributed by atoms with van der Waals surface area (Å²) < 4.78 is 11.2. The summed E-state index contributed by atoms with van der Waals surface area (Å²) in [6, 6.07) is 9.98. The molecule has 2 fully saturated rings. The molecule has 1 unspecified atom stereocenters. The molecule has 2 saturated heterocycles. The summed E-state index contributed by atoms with van der Waals surface area (Å²) in [7, 11) is 0. The van der Waals surface area contributed by atoms with Gasteiger partial charge in [0.15, 0.2) is 0 Å². The molecule has 154 valence electrons. The Morgan fingerprint density at radius 1 is 1.17 bits per heavy atom. The maximum atomic E-state index is 12.8. The maximum Gasteiger partial charge on any atom is 0.255 e. The number of amides is 1. The molecule has 1 atom stereocenters. The lowest BCUT2D eigenvalue weighted by molar-refractivity contribution is 0.0662. The number of aromatic nitrogens is 1. The van der Waals surface area contributed by atoms with Gasteiger partial charge in [-0.3, -0.25) is 4.79 Å². The summed E-state index contributed by atoms with van der Waals surface area (Å²) in [5, 5.41) is 0. The summed E-state index contributed by atoms with van der Waals surface area (Å²) in [5.74, 6) is 0.570. The maximum absolute atomic E-state index is 12.8. The van der Waals surface area contributed by atoms with Crippen molar-refractivity contribution in [3.05, 3.63) is 53.2 Å². The van der Waals surface area contributed by atoms with Crippen LogP contribution >= 0.6 is 0 Å². The van der Waals surface area contributed by atoms with Crippen molar-refractivity contribution in [3.63, 3.8) is 0 Å². The molecule has 2 aliphatic rings. The molecular formula is C23H29N3O3. The number of hydrogen-bond acceptors (Lipinski definition) is 5. The molecule has 0 aliphatic carbocycles. The van der Waals surface area contributed by atoms with Crippen LogP contribution in [-0.2, 0) is 4.74 Å². The van der Waals surface area contributed by atoms with Crippen molar-refractivity contribution in [2.75, 3.05) is 44.3 Å². The first-order valence-electron chi connectivity index (χ1n) is 10.4. The van der Waals surface area contributed by atoms with Crippen LogP contribution in [0.15, 0.2) is 36.5 Å². The average molecular weight is 396 g/mol. The molecule has 1 amide bonds. The number of ether oxygens (including phenoxy) is 2. The number of hydrogen-bond donors (Lipinski definition) is 0. The van der Waals surface area contributed by atoms with E-state index in [1.807, 2.05) is 4.90 Å². The van der Waals surface area contributed by atoms with Crippen molar-refractivity contribution < 1.29 is 14.3 Å². The smallest absolute Gasteiger partial charge is 0.255 e. The van der Waals surface area contributed by atoms with Crippen molar-refractivity contribution in [2.24, 2.45) is 0 Å². The Kier molecular flexibility index (Phi) is 6.00. The van der Waals surface area contributed by atoms with Gasteiger partial charge in [-0.15, -0.1) is 0 Å². The first-order valence-corrected chi connectivity index (χ1v) is 10.4. The summed E-state index contributed by atoms with van der Waals surface area (Å²) in [6.45, 7) is 8.73. The lowest BCUT2D eigenvalue weighted by Crippen LogP contribution is -2.49. The van der Waals surface area contributed by atoms with E-state index in [9.17, 15) is 4.79 Å². The van der Waals surface area contributed by atoms with E-state index in [0.717, 1.165) is 32.5 Å². The fourth-order valence-electron chi connectivity index (χ4n) is 3.96. The van der Waals surface area contributed by atoms with Gasteiger partial charge >= 0.3 is 0 Å². The molecule has 29 heavy (non-hydrogen) atoms. The van der Waals surface area contributed by atoms with Gasteiger partial charge < -0.3 is 19.3 Å². The van der Waals surface area contributed by atoms with Gasteiger partial charge in [0, 0.05) is 50.7 Å². The van der Waals surface area contributed by atoms with E-state index in [4.69, 9.17) is 9.47 Å². The van der Waals surface area contributed by atoms with E-state index < -0.39 is 0 Å². The van der Waals surface area contributed by atoms with Crippen molar-refractivity contribution in [3.8, 4) is 5.88 Å². The topological polar surface area (TPSA) is 54.9 Å². The van der Waals surface area contributed by atoms with E-state index in [-0.39, 0.29) is 12.0 Å². The second kappa shape index (κ2) is 8.82. The Labute approximate surface area is 172 Å². The third kappa shape index (κ3) is 4.53. The Morgan fingerprint density at radius 2 is 2.00 bits per heavy atom. The summed E-state index contributed by atoms with van der Waals surface area (Å²) in [6.07, 6.45) is 3.90. The predicted molar refractivity (Wildman–Crippen MR) is 113 cm³/mol. The molecular weight excluding hydrogens is 366 g/mol. The standard InChI is InChI=1S/C23H29N3O3/c1-17-5-3-7-21(18(17)2)25-10-12-26(13-11-25)23(27)19-8-9-22(24-15-19)29-16-20-6-4-14-28-20/h3,5,7-9,15,20H,4,6,10-14,16H2,1-2H3. The van der Waals surface area contributed by atoms with E-state index >= 15 is 0 Å². The minimum atomic E-state index is 0.0313. The van der Waals surface area contributed by atoms with Gasteiger partial charge in [0.25, 0.3) is 5.91 Å². The molecule has 1 aromatic carbocycles. The molecule has 4 rings (SSSR count). The number of nitrogens with zero attached hydrogens (tertiary/aromatic N) is 3. The number of carbonyl (C=O) groups is 1. The van der Waals surface area contributed by atoms with E-state index in [1.165, 1.54) is 16.8 Å². The summed E-state index contributed by atoms with van der Waals surface area (Å²) in [4.78, 5) is 21.4. The van der Waals surface area contributed by atoms with Gasteiger partial charge in [-0.25, -0.2) is 4.98 Å². The number of pyridine rings is 1. The predicted octanol–water partition coefficient (Wildman–Crippen LogP) is 3.22. The van der Waals surface area contributed by atoms with Crippen LogP contribution in [0.25, 0.3) is 0 Å². The fraction of sp³-hybridized carbons (Fsp3) is 0.478. The quantitative estimate of drug-likeness (QED) is 0.778. The van der Waals surface area contributed by atoms with Crippen LogP contribution in [0, 0.1) is 13.8 Å². The molecule has 2 aromatic rings. The average Bonchev–Trinajstić information content (AvgIpc) is 3.28. The van der Waals surface area contributed by atoms with Gasteiger partial charge in [-0.1, -0.05) is 12.1 Å². The van der Waals surface area contributed by atoms with Crippen molar-refractivity contribution in [1.82, 2.24) is 9.88 Å². The Hall–Kier alpha value is -2.60. The zero-order chi connectivity index (χ0) is 20.2. The van der Waals surface area contributed by atoms with Gasteiger partial charge in [0.05, 0.1) is 11.7 Å². The van der Waals surface area contributed by atoms with Crippen LogP contribution in [0.3, 0.4) is 0 Å². The largest absolute Gasteiger partial charge is 0.475 e. The molecule has 0 bridgehead atoms. The molecule has 0 saturated carbocycles. The van der Waals surface area contributed by atoms with Crippen LogP contribution in [-0.4, -0.2) is 61.3 Å². The zero-order valence-corrected chi connectivity index (χ0v) is 17.3. The Morgan fingerprint density at radius 3 is 2.69 bits per heavy atom. The zero-order valence-electron chi connectivity index (χ0n) is 17.3. The number of aryl methyl sites for hydroxylation is 1. The van der Waals surface area contributed by atoms with Crippen LogP contribution < -0.4 is 9.64 Å². The normalized spacial score (nSPS) is 19.4. The third-order valence-corrected chi connectivity index (χ3v) is 5.91. The molecule has 3 heterocycles. The van der Waals surface area contributed by atoms with E-state index in [2.05, 4.69) is 41.9 Å². The number of carbonyl (C=O) groups excluding carboxylic acids is 1. The number of rotatable bonds is 5. The Balaban J connectivity index is 1.31. The molecule has 0 radical (unpaired) electrons. The first kappa shape index (κ1) is 19.7. The highest BCUT2D eigenvalue weighted by Gasteiger charge is 2.23. The molecule has 6 heteroatoms. The van der Waals surface area contributed by atoms with Crippen LogP contribution in [0.5, 0.6) is 5.88 Å². The minimum Gasteiger partial charge on any atom is -0.475 e. The SMILES string of the molecule is Cc1cccc(N2CCN(C(=O)c3ccc(OCC4CCCO4)nc3)CC2)c1C. The van der Waals surface area contributed by atoms with E-state index in [1.54, 1.807) is 18.3 Å². The van der Waals surface area contributed by atoms with E-state index in [0.29, 0.717) is 31.1 Å². The van der Waals surface area contributed by atoms with Crippen molar-refractivity contribution in [2.45, 2.75) is 32.8 Å². The second-order valence-corrected chi connectivity index (χ2v) is 7.83. The van der Waals surface area contributed by atoms with Crippen LogP contribution in [0.2, 0.25) is 0 Å². The van der Waals surface area contributed by atoms with Gasteiger partial charge in [-0.2, -0.15) is 0 Å². The van der Waals surface area contributed by atoms with Gasteiger partial charge in [0.1, 0.15) is 6.61 Å². The summed E-state index contributed by atoms with van der Waals surface area (Å²) >= 11 is 0. The van der Waals surface area contributed by atoms with Gasteiger partial charge in [0.2, 0.25) is 5.88 Å².